The van der Waals surface area contributed by atoms with Gasteiger partial charge in [-0.25, -0.2) is 0 Å². The van der Waals surface area contributed by atoms with Crippen LogP contribution in [0.4, 0.5) is 0 Å². The highest BCUT2D eigenvalue weighted by Gasteiger charge is 2.20. The minimum Gasteiger partial charge on any atom is -0.455 e. The van der Waals surface area contributed by atoms with Gasteiger partial charge in [0.2, 0.25) is 0 Å². The lowest BCUT2D eigenvalue weighted by molar-refractivity contribution is 0.670. The normalized spacial score (nSPS) is 12.1. The monoisotopic (exact) mass is 620 g/mol. The summed E-state index contributed by atoms with van der Waals surface area (Å²) in [5.41, 5.74) is 6.66. The van der Waals surface area contributed by atoms with Gasteiger partial charge in [-0.05, 0) is 93.5 Å². The van der Waals surface area contributed by atoms with Gasteiger partial charge in [-0.1, -0.05) is 158 Å². The van der Waals surface area contributed by atoms with E-state index >= 15 is 0 Å². The van der Waals surface area contributed by atoms with E-state index in [0.29, 0.717) is 0 Å². The highest BCUT2D eigenvalue weighted by molar-refractivity contribution is 6.32. The first kappa shape index (κ1) is 26.6. The summed E-state index contributed by atoms with van der Waals surface area (Å²) in [5.74, 6) is 0. The molecule has 1 aromatic heterocycles. The Balaban J connectivity index is 1.41. The van der Waals surface area contributed by atoms with Gasteiger partial charge in [-0.15, -0.1) is 0 Å². The van der Waals surface area contributed by atoms with Gasteiger partial charge in [-0.3, -0.25) is 0 Å². The minimum atomic E-state index is 0.914. The summed E-state index contributed by atoms with van der Waals surface area (Å²) in [6, 6.07) is 62.3. The van der Waals surface area contributed by atoms with Crippen LogP contribution in [0, 0.1) is 0 Å². The van der Waals surface area contributed by atoms with Crippen LogP contribution in [0.15, 0.2) is 174 Å². The third kappa shape index (κ3) is 3.70. The van der Waals surface area contributed by atoms with Crippen LogP contribution in [0.25, 0.3) is 109 Å². The summed E-state index contributed by atoms with van der Waals surface area (Å²) >= 11 is 0. The Morgan fingerprint density at radius 3 is 1.20 bits per heavy atom. The average molecular weight is 621 g/mol. The van der Waals surface area contributed by atoms with Crippen LogP contribution in [0.1, 0.15) is 0 Å². The molecule has 0 bridgehead atoms. The maximum atomic E-state index is 6.55. The third-order valence-corrected chi connectivity index (χ3v) is 10.6. The van der Waals surface area contributed by atoms with E-state index in [9.17, 15) is 0 Å². The van der Waals surface area contributed by atoms with Gasteiger partial charge >= 0.3 is 0 Å². The molecule has 8 aromatic carbocycles. The lowest BCUT2D eigenvalue weighted by Gasteiger charge is -2.19. The number of furan rings is 1. The van der Waals surface area contributed by atoms with Crippen molar-refractivity contribution in [2.24, 2.45) is 0 Å². The zero-order valence-corrected chi connectivity index (χ0v) is 26.6. The van der Waals surface area contributed by atoms with Gasteiger partial charge in [0.1, 0.15) is 11.2 Å². The molecule has 0 atom stereocenters. The fourth-order valence-corrected chi connectivity index (χ4v) is 8.54. The largest absolute Gasteiger partial charge is 0.455 e. The highest BCUT2D eigenvalue weighted by Crippen LogP contribution is 2.48. The zero-order chi connectivity index (χ0) is 32.1. The Morgan fingerprint density at radius 1 is 0.265 bits per heavy atom. The number of rotatable bonds is 1. The molecule has 0 amide bonds. The van der Waals surface area contributed by atoms with Crippen LogP contribution < -0.4 is 0 Å². The van der Waals surface area contributed by atoms with E-state index in [2.05, 4.69) is 164 Å². The van der Waals surface area contributed by atoms with Crippen LogP contribution in [0.5, 0.6) is 0 Å². The second-order valence-corrected chi connectivity index (χ2v) is 13.1. The maximum Gasteiger partial charge on any atom is 0.143 e. The molecule has 0 aliphatic heterocycles. The quantitative estimate of drug-likeness (QED) is 0.178. The molecule has 0 saturated heterocycles. The van der Waals surface area contributed by atoms with E-state index in [4.69, 9.17) is 4.42 Å². The van der Waals surface area contributed by atoms with Gasteiger partial charge in [-0.2, -0.15) is 0 Å². The van der Waals surface area contributed by atoms with E-state index in [1.54, 1.807) is 0 Å². The summed E-state index contributed by atoms with van der Waals surface area (Å²) in [4.78, 5) is 0. The third-order valence-electron chi connectivity index (χ3n) is 10.6. The molecule has 2 aliphatic rings. The number of hydrogen-bond acceptors (Lipinski definition) is 1. The molecular formula is C48H28O. The zero-order valence-electron chi connectivity index (χ0n) is 26.6. The molecule has 0 radical (unpaired) electrons. The van der Waals surface area contributed by atoms with Crippen LogP contribution >= 0.6 is 0 Å². The predicted molar refractivity (Wildman–Crippen MR) is 210 cm³/mol. The molecule has 11 rings (SSSR count). The first-order chi connectivity index (χ1) is 24.3. The van der Waals surface area contributed by atoms with Gasteiger partial charge in [0.05, 0.1) is 0 Å². The summed E-state index contributed by atoms with van der Waals surface area (Å²) in [6.45, 7) is 0. The van der Waals surface area contributed by atoms with Crippen molar-refractivity contribution in [2.45, 2.75) is 0 Å². The molecular weight excluding hydrogens is 593 g/mol. The molecule has 0 N–H and O–H groups in total. The van der Waals surface area contributed by atoms with Gasteiger partial charge in [0.15, 0.2) is 0 Å². The molecule has 1 nitrogen and oxygen atoms in total. The average Bonchev–Trinajstić information content (AvgIpc) is 3.55. The molecule has 0 fully saturated rings. The van der Waals surface area contributed by atoms with E-state index in [0.717, 1.165) is 33.1 Å². The molecule has 226 valence electrons. The maximum absolute atomic E-state index is 6.55. The van der Waals surface area contributed by atoms with Crippen molar-refractivity contribution < 1.29 is 4.42 Å². The Bertz CT molecular complexity index is 3160. The molecule has 0 spiro atoms. The van der Waals surface area contributed by atoms with Crippen molar-refractivity contribution in [2.75, 3.05) is 0 Å². The molecule has 0 unspecified atom stereocenters. The summed E-state index contributed by atoms with van der Waals surface area (Å²) < 4.78 is 6.55. The highest BCUT2D eigenvalue weighted by atomic mass is 16.3. The number of para-hydroxylation sites is 2. The Kier molecular flexibility index (Phi) is 5.45. The van der Waals surface area contributed by atoms with Crippen LogP contribution in [0.2, 0.25) is 0 Å². The predicted octanol–water partition coefficient (Wildman–Crippen LogP) is 13.8. The number of hydrogen-bond donors (Lipinski definition) is 0. The summed E-state index contributed by atoms with van der Waals surface area (Å²) in [6.07, 6.45) is 0. The van der Waals surface area contributed by atoms with Gasteiger partial charge in [0.25, 0.3) is 0 Å². The van der Waals surface area contributed by atoms with Crippen molar-refractivity contribution in [1.29, 1.82) is 0 Å². The van der Waals surface area contributed by atoms with E-state index < -0.39 is 0 Å². The number of benzene rings is 8. The standard InChI is InChI=1S/C48H28O/c1-4-15-34-31(12-1)32-13-2-5-16-35(32)41-22-11-23-42-44-28-29(30-19-9-24-43-38-18-7-8-25-45(38)49-48(30)43)26-27-37(44)33-14-3-6-17-36(33)40-21-10-20-39(34)46(40)47(41)42/h1-28H. The van der Waals surface area contributed by atoms with Crippen molar-refractivity contribution >= 4 is 86.6 Å². The van der Waals surface area contributed by atoms with Gasteiger partial charge < -0.3 is 4.42 Å². The first-order valence-corrected chi connectivity index (χ1v) is 16.9. The Morgan fingerprint density at radius 2 is 0.653 bits per heavy atom. The fourth-order valence-electron chi connectivity index (χ4n) is 8.54. The van der Waals surface area contributed by atoms with Crippen molar-refractivity contribution in [1.82, 2.24) is 0 Å². The van der Waals surface area contributed by atoms with E-state index in [-0.39, 0.29) is 0 Å². The summed E-state index contributed by atoms with van der Waals surface area (Å²) in [7, 11) is 0. The molecule has 0 saturated carbocycles. The second-order valence-electron chi connectivity index (χ2n) is 13.1. The lowest BCUT2D eigenvalue weighted by atomic mass is 9.83. The number of fused-ring (bicyclic) bond motifs is 13. The fraction of sp³-hybridized carbons (Fsp3) is 0. The van der Waals surface area contributed by atoms with Crippen molar-refractivity contribution in [3.63, 3.8) is 0 Å². The summed E-state index contributed by atoms with van der Waals surface area (Å²) in [5, 5.41) is 17.3. The smallest absolute Gasteiger partial charge is 0.143 e. The molecule has 49 heavy (non-hydrogen) atoms. The molecule has 1 heterocycles. The van der Waals surface area contributed by atoms with Crippen LogP contribution in [-0.4, -0.2) is 0 Å². The van der Waals surface area contributed by atoms with E-state index in [1.165, 1.54) is 75.8 Å². The minimum absolute atomic E-state index is 0.914. The topological polar surface area (TPSA) is 13.1 Å². The Labute approximate surface area is 282 Å². The lowest BCUT2D eigenvalue weighted by Crippen LogP contribution is -1.92. The molecule has 9 aromatic rings. The molecule has 1 heteroatoms. The van der Waals surface area contributed by atoms with E-state index in [1.807, 2.05) is 6.07 Å². The SMILES string of the molecule is c1ccc2c(c1)oc1c(-c3ccc4c(c3)c3cccc5c3-c3c(cccc3c3ccccc34)c3ccccc3c3ccccc53)cccc12. The second kappa shape index (κ2) is 10.0. The Hall–Kier alpha value is -6.44. The first-order valence-electron chi connectivity index (χ1n) is 16.9. The van der Waals surface area contributed by atoms with Crippen LogP contribution in [-0.2, 0) is 0 Å². The van der Waals surface area contributed by atoms with Crippen molar-refractivity contribution in [3.05, 3.63) is 170 Å². The van der Waals surface area contributed by atoms with Gasteiger partial charge in [0, 0.05) is 16.3 Å². The molecule has 2 aliphatic carbocycles. The van der Waals surface area contributed by atoms with Crippen LogP contribution in [0.3, 0.4) is 0 Å². The van der Waals surface area contributed by atoms with Crippen molar-refractivity contribution in [3.8, 4) is 22.3 Å².